The molecule has 1 heterocycles. The zero-order valence-electron chi connectivity index (χ0n) is 22.9. The van der Waals surface area contributed by atoms with Gasteiger partial charge in [0.25, 0.3) is 0 Å². The minimum Gasteiger partial charge on any atom is -0.350 e. The largest absolute Gasteiger partial charge is 0.350 e. The number of nitrogens with one attached hydrogen (secondary N) is 2. The second-order valence-electron chi connectivity index (χ2n) is 10.4. The molecule has 0 saturated carbocycles. The maximum atomic E-state index is 9.19. The number of aliphatic imine (C=N–C) groups is 1. The number of nitriles is 1. The van der Waals surface area contributed by atoms with Crippen LogP contribution in [0.2, 0.25) is 0 Å². The van der Waals surface area contributed by atoms with Gasteiger partial charge in [0.2, 0.25) is 0 Å². The second kappa shape index (κ2) is 11.2. The molecule has 2 atom stereocenters. The molecule has 4 heteroatoms. The Kier molecular flexibility index (Phi) is 6.77. The van der Waals surface area contributed by atoms with Gasteiger partial charge in [-0.25, -0.2) is 4.99 Å². The lowest BCUT2D eigenvalue weighted by Crippen LogP contribution is -2.45. The lowest BCUT2D eigenvalue weighted by atomic mass is 9.92. The lowest BCUT2D eigenvalue weighted by Gasteiger charge is -2.32. The molecule has 0 aliphatic carbocycles. The van der Waals surface area contributed by atoms with Crippen molar-refractivity contribution in [1.82, 2.24) is 10.6 Å². The molecular weight excluding hydrogens is 512 g/mol. The van der Waals surface area contributed by atoms with Crippen LogP contribution in [-0.4, -0.2) is 5.84 Å². The Morgan fingerprint density at radius 2 is 1.24 bits per heavy atom. The van der Waals surface area contributed by atoms with E-state index < -0.39 is 0 Å². The van der Waals surface area contributed by atoms with Gasteiger partial charge in [-0.2, -0.15) is 5.26 Å². The van der Waals surface area contributed by atoms with E-state index in [1.54, 1.807) is 0 Å². The third-order valence-corrected chi connectivity index (χ3v) is 7.82. The molecule has 42 heavy (non-hydrogen) atoms. The monoisotopic (exact) mass is 540 g/mol. The van der Waals surface area contributed by atoms with E-state index in [1.807, 2.05) is 48.5 Å². The third kappa shape index (κ3) is 4.94. The molecule has 0 amide bonds. The first-order valence-electron chi connectivity index (χ1n) is 14.1. The van der Waals surface area contributed by atoms with E-state index in [0.29, 0.717) is 5.56 Å². The molecule has 0 radical (unpaired) electrons. The fourth-order valence-electron chi connectivity index (χ4n) is 5.71. The summed E-state index contributed by atoms with van der Waals surface area (Å²) in [6, 6.07) is 52.3. The first kappa shape index (κ1) is 25.5. The van der Waals surface area contributed by atoms with Crippen molar-refractivity contribution in [2.24, 2.45) is 4.99 Å². The summed E-state index contributed by atoms with van der Waals surface area (Å²) in [6.45, 7) is 0. The number of fused-ring (bicyclic) bond motifs is 1. The number of rotatable bonds is 5. The van der Waals surface area contributed by atoms with Crippen LogP contribution in [0.15, 0.2) is 151 Å². The second-order valence-corrected chi connectivity index (χ2v) is 10.4. The number of amidine groups is 1. The highest BCUT2D eigenvalue weighted by Gasteiger charge is 2.26. The minimum atomic E-state index is -0.240. The smallest absolute Gasteiger partial charge is 0.131 e. The van der Waals surface area contributed by atoms with Crippen molar-refractivity contribution in [2.45, 2.75) is 12.3 Å². The molecule has 6 aromatic rings. The van der Waals surface area contributed by atoms with Gasteiger partial charge < -0.3 is 5.32 Å². The van der Waals surface area contributed by atoms with E-state index in [0.717, 1.165) is 39.2 Å². The summed E-state index contributed by atoms with van der Waals surface area (Å²) in [6.07, 6.45) is -0.331. The number of hydrogen-bond donors (Lipinski definition) is 2. The van der Waals surface area contributed by atoms with E-state index in [9.17, 15) is 5.26 Å². The molecule has 0 bridgehead atoms. The Morgan fingerprint density at radius 3 is 2.02 bits per heavy atom. The van der Waals surface area contributed by atoms with Crippen LogP contribution in [0.4, 0.5) is 0 Å². The summed E-state index contributed by atoms with van der Waals surface area (Å²) in [4.78, 5) is 5.19. The summed E-state index contributed by atoms with van der Waals surface area (Å²) in [5.74, 6) is 0.872. The van der Waals surface area contributed by atoms with Gasteiger partial charge in [-0.15, -0.1) is 0 Å². The molecule has 0 saturated heterocycles. The van der Waals surface area contributed by atoms with Crippen LogP contribution in [0, 0.1) is 11.3 Å². The fraction of sp³-hybridized carbons (Fsp3) is 0.0526. The van der Waals surface area contributed by atoms with Gasteiger partial charge in [-0.1, -0.05) is 127 Å². The Labute approximate surface area is 245 Å². The predicted molar refractivity (Wildman–Crippen MR) is 171 cm³/mol. The lowest BCUT2D eigenvalue weighted by molar-refractivity contribution is 0.410. The first-order chi connectivity index (χ1) is 20.8. The van der Waals surface area contributed by atoms with Crippen LogP contribution in [0.1, 0.15) is 34.6 Å². The van der Waals surface area contributed by atoms with Gasteiger partial charge in [0, 0.05) is 5.56 Å². The van der Waals surface area contributed by atoms with E-state index in [1.165, 1.54) is 16.3 Å². The minimum absolute atomic E-state index is 0.0913. The topological polar surface area (TPSA) is 60.2 Å². The SMILES string of the molecule is N#Cc1ccc(-c2cccc(-c3cccc4c(C5N=C(c6ccccc6)NC(c6ccccc6)N5)cccc34)c2)cc1. The van der Waals surface area contributed by atoms with Gasteiger partial charge in [0.15, 0.2) is 0 Å². The molecule has 6 aromatic carbocycles. The van der Waals surface area contributed by atoms with E-state index in [4.69, 9.17) is 4.99 Å². The molecule has 4 nitrogen and oxygen atoms in total. The summed E-state index contributed by atoms with van der Waals surface area (Å²) in [7, 11) is 0. The van der Waals surface area contributed by atoms with Crippen molar-refractivity contribution < 1.29 is 0 Å². The van der Waals surface area contributed by atoms with Crippen molar-refractivity contribution in [3.05, 3.63) is 168 Å². The van der Waals surface area contributed by atoms with E-state index in [2.05, 4.69) is 114 Å². The quantitative estimate of drug-likeness (QED) is 0.231. The maximum Gasteiger partial charge on any atom is 0.131 e. The summed E-state index contributed by atoms with van der Waals surface area (Å²) >= 11 is 0. The van der Waals surface area contributed by atoms with Crippen LogP contribution in [0.5, 0.6) is 0 Å². The van der Waals surface area contributed by atoms with Crippen LogP contribution in [0.25, 0.3) is 33.0 Å². The maximum absolute atomic E-state index is 9.19. The van der Waals surface area contributed by atoms with Crippen molar-refractivity contribution in [1.29, 1.82) is 5.26 Å². The number of nitrogens with zero attached hydrogens (tertiary/aromatic N) is 2. The van der Waals surface area contributed by atoms with Gasteiger partial charge in [0.05, 0.1) is 11.6 Å². The standard InChI is InChI=1S/C38H28N4/c39-25-26-20-22-27(23-21-26)30-14-7-15-31(24-30)32-16-8-18-34-33(32)17-9-19-35(34)38-41-36(28-10-3-1-4-11-28)40-37(42-38)29-12-5-2-6-13-29/h1-24,36,38,41H,(H,40,42). The van der Waals surface area contributed by atoms with Crippen molar-refractivity contribution in [3.8, 4) is 28.3 Å². The predicted octanol–water partition coefficient (Wildman–Crippen LogP) is 8.38. The summed E-state index contributed by atoms with van der Waals surface area (Å²) in [5, 5.41) is 18.9. The zero-order valence-corrected chi connectivity index (χ0v) is 22.9. The Hall–Kier alpha value is -5.50. The van der Waals surface area contributed by atoms with Gasteiger partial charge >= 0.3 is 0 Å². The van der Waals surface area contributed by atoms with Crippen LogP contribution < -0.4 is 10.6 Å². The molecular formula is C38H28N4. The molecule has 0 aromatic heterocycles. The normalized spacial score (nSPS) is 16.3. The van der Waals surface area contributed by atoms with Crippen molar-refractivity contribution in [2.75, 3.05) is 0 Å². The molecule has 2 N–H and O–H groups in total. The average molecular weight is 541 g/mol. The number of hydrogen-bond acceptors (Lipinski definition) is 4. The molecule has 1 aliphatic heterocycles. The van der Waals surface area contributed by atoms with Gasteiger partial charge in [-0.3, -0.25) is 5.32 Å². The van der Waals surface area contributed by atoms with Crippen molar-refractivity contribution in [3.63, 3.8) is 0 Å². The van der Waals surface area contributed by atoms with Crippen LogP contribution in [0.3, 0.4) is 0 Å². The first-order valence-corrected chi connectivity index (χ1v) is 14.1. The molecule has 2 unspecified atom stereocenters. The molecule has 0 fully saturated rings. The Morgan fingerprint density at radius 1 is 0.571 bits per heavy atom. The summed E-state index contributed by atoms with van der Waals surface area (Å²) < 4.78 is 0. The highest BCUT2D eigenvalue weighted by molar-refractivity contribution is 6.01. The molecule has 0 spiro atoms. The van der Waals surface area contributed by atoms with Crippen LogP contribution >= 0.6 is 0 Å². The Bertz CT molecular complexity index is 1940. The fourth-order valence-corrected chi connectivity index (χ4v) is 5.71. The Balaban J connectivity index is 1.31. The molecule has 1 aliphatic rings. The van der Waals surface area contributed by atoms with Gasteiger partial charge in [-0.05, 0) is 62.4 Å². The van der Waals surface area contributed by atoms with Gasteiger partial charge in [0.1, 0.15) is 18.2 Å². The third-order valence-electron chi connectivity index (χ3n) is 7.82. The summed E-state index contributed by atoms with van der Waals surface area (Å²) in [5.41, 5.74) is 8.54. The average Bonchev–Trinajstić information content (AvgIpc) is 3.08. The van der Waals surface area contributed by atoms with Crippen LogP contribution in [-0.2, 0) is 0 Å². The van der Waals surface area contributed by atoms with E-state index >= 15 is 0 Å². The molecule has 200 valence electrons. The highest BCUT2D eigenvalue weighted by Crippen LogP contribution is 2.36. The molecule has 7 rings (SSSR count). The highest BCUT2D eigenvalue weighted by atomic mass is 15.3. The number of benzene rings is 6. The zero-order chi connectivity index (χ0) is 28.3. The van der Waals surface area contributed by atoms with E-state index in [-0.39, 0.29) is 12.3 Å². The van der Waals surface area contributed by atoms with Crippen molar-refractivity contribution >= 4 is 16.6 Å².